The molecular formula is C16H16N4O3S. The van der Waals surface area contributed by atoms with Gasteiger partial charge in [-0.3, -0.25) is 9.78 Å². The number of allylic oxidation sites excluding steroid dienone is 1. The molecule has 2 aromatic rings. The van der Waals surface area contributed by atoms with E-state index in [4.69, 9.17) is 4.74 Å². The van der Waals surface area contributed by atoms with Crippen LogP contribution in [0.15, 0.2) is 45.7 Å². The molecule has 0 saturated carbocycles. The lowest BCUT2D eigenvalue weighted by molar-refractivity contribution is -0.136. The summed E-state index contributed by atoms with van der Waals surface area (Å²) < 4.78 is 4.92. The Morgan fingerprint density at radius 1 is 1.42 bits per heavy atom. The van der Waals surface area contributed by atoms with Gasteiger partial charge in [0.25, 0.3) is 5.56 Å². The molecule has 1 unspecified atom stereocenters. The van der Waals surface area contributed by atoms with Crippen molar-refractivity contribution in [3.63, 3.8) is 0 Å². The van der Waals surface area contributed by atoms with Crippen molar-refractivity contribution < 1.29 is 9.53 Å². The van der Waals surface area contributed by atoms with Gasteiger partial charge in [0, 0.05) is 18.1 Å². The van der Waals surface area contributed by atoms with Gasteiger partial charge in [-0.15, -0.1) is 0 Å². The zero-order chi connectivity index (χ0) is 17.3. The molecular weight excluding hydrogens is 328 g/mol. The summed E-state index contributed by atoms with van der Waals surface area (Å²) in [5.41, 5.74) is 1.80. The fourth-order valence-electron chi connectivity index (χ4n) is 2.79. The van der Waals surface area contributed by atoms with E-state index in [2.05, 4.69) is 20.3 Å². The Labute approximate surface area is 142 Å². The summed E-state index contributed by atoms with van der Waals surface area (Å²) in [5.74, 6) is -0.635. The van der Waals surface area contributed by atoms with E-state index in [1.165, 1.54) is 18.9 Å². The molecule has 1 atom stereocenters. The number of aromatic amines is 1. The maximum atomic E-state index is 12.6. The highest BCUT2D eigenvalue weighted by Gasteiger charge is 2.36. The molecule has 0 spiro atoms. The number of carbonyl (C=O) groups excluding carboxylic acids is 1. The summed E-state index contributed by atoms with van der Waals surface area (Å²) >= 11 is 1.34. The van der Waals surface area contributed by atoms with Gasteiger partial charge in [0.15, 0.2) is 5.16 Å². The molecule has 3 rings (SSSR count). The van der Waals surface area contributed by atoms with Crippen LogP contribution in [0.1, 0.15) is 24.0 Å². The number of thioether (sulfide) groups is 1. The lowest BCUT2D eigenvalue weighted by atomic mass is 9.83. The Bertz CT molecular complexity index is 877. The largest absolute Gasteiger partial charge is 0.466 e. The van der Waals surface area contributed by atoms with Gasteiger partial charge in [-0.1, -0.05) is 17.8 Å². The monoisotopic (exact) mass is 344 g/mol. The van der Waals surface area contributed by atoms with Gasteiger partial charge in [0.1, 0.15) is 5.82 Å². The first-order valence-corrected chi connectivity index (χ1v) is 8.43. The number of aromatic nitrogens is 3. The Morgan fingerprint density at radius 2 is 2.21 bits per heavy atom. The SMILES string of the molecule is COC(=O)C1=C(C)Nc2nc(SC)[nH]c(=O)c2C1c1cccnc1. The van der Waals surface area contributed by atoms with Crippen LogP contribution in [0.3, 0.4) is 0 Å². The molecule has 0 bridgehead atoms. The smallest absolute Gasteiger partial charge is 0.336 e. The first-order chi connectivity index (χ1) is 11.6. The third-order valence-corrected chi connectivity index (χ3v) is 4.42. The number of carbonyl (C=O) groups is 1. The zero-order valence-corrected chi connectivity index (χ0v) is 14.2. The fourth-order valence-corrected chi connectivity index (χ4v) is 3.17. The van der Waals surface area contributed by atoms with E-state index in [-0.39, 0.29) is 5.56 Å². The summed E-state index contributed by atoms with van der Waals surface area (Å²) in [6.07, 6.45) is 5.10. The van der Waals surface area contributed by atoms with Crippen molar-refractivity contribution >= 4 is 23.5 Å². The lowest BCUT2D eigenvalue weighted by Gasteiger charge is -2.28. The number of H-pyrrole nitrogens is 1. The van der Waals surface area contributed by atoms with Crippen LogP contribution in [-0.4, -0.2) is 34.3 Å². The summed E-state index contributed by atoms with van der Waals surface area (Å²) in [4.78, 5) is 36.2. The Balaban J connectivity index is 2.29. The summed E-state index contributed by atoms with van der Waals surface area (Å²) in [6.45, 7) is 1.76. The second-order valence-electron chi connectivity index (χ2n) is 5.21. The number of esters is 1. The van der Waals surface area contributed by atoms with Crippen molar-refractivity contribution in [2.24, 2.45) is 0 Å². The minimum Gasteiger partial charge on any atom is -0.466 e. The predicted molar refractivity (Wildman–Crippen MR) is 91.1 cm³/mol. The van der Waals surface area contributed by atoms with E-state index in [9.17, 15) is 9.59 Å². The van der Waals surface area contributed by atoms with E-state index >= 15 is 0 Å². The number of pyridine rings is 1. The van der Waals surface area contributed by atoms with E-state index in [0.29, 0.717) is 27.8 Å². The van der Waals surface area contributed by atoms with E-state index in [1.54, 1.807) is 25.4 Å². The van der Waals surface area contributed by atoms with Gasteiger partial charge < -0.3 is 15.0 Å². The molecule has 7 nitrogen and oxygen atoms in total. The van der Waals surface area contributed by atoms with Crippen molar-refractivity contribution in [3.8, 4) is 0 Å². The molecule has 0 fully saturated rings. The molecule has 0 aliphatic carbocycles. The molecule has 1 aliphatic heterocycles. The molecule has 2 aromatic heterocycles. The molecule has 0 aromatic carbocycles. The Morgan fingerprint density at radius 3 is 2.83 bits per heavy atom. The number of rotatable bonds is 3. The van der Waals surface area contributed by atoms with Gasteiger partial charge >= 0.3 is 5.97 Å². The van der Waals surface area contributed by atoms with Crippen LogP contribution < -0.4 is 10.9 Å². The molecule has 8 heteroatoms. The highest BCUT2D eigenvalue weighted by molar-refractivity contribution is 7.98. The zero-order valence-electron chi connectivity index (χ0n) is 13.4. The standard InChI is InChI=1S/C16H16N4O3S/c1-8-10(15(22)23-2)11(9-5-4-6-17-7-9)12-13(18-8)19-16(24-3)20-14(12)21/h4-7,11H,1-3H3,(H2,18,19,20,21). The van der Waals surface area contributed by atoms with Gasteiger partial charge in [-0.2, -0.15) is 0 Å². The Hall–Kier alpha value is -2.61. The van der Waals surface area contributed by atoms with Crippen molar-refractivity contribution in [2.45, 2.75) is 18.0 Å². The van der Waals surface area contributed by atoms with Crippen LogP contribution in [0.5, 0.6) is 0 Å². The van der Waals surface area contributed by atoms with E-state index in [1.807, 2.05) is 12.3 Å². The van der Waals surface area contributed by atoms with Crippen molar-refractivity contribution in [3.05, 3.63) is 57.3 Å². The average Bonchev–Trinajstić information content (AvgIpc) is 2.60. The maximum absolute atomic E-state index is 12.6. The van der Waals surface area contributed by atoms with Crippen molar-refractivity contribution in [2.75, 3.05) is 18.7 Å². The Kier molecular flexibility index (Phi) is 4.39. The number of fused-ring (bicyclic) bond motifs is 1. The third-order valence-electron chi connectivity index (χ3n) is 3.84. The van der Waals surface area contributed by atoms with Crippen molar-refractivity contribution in [1.29, 1.82) is 0 Å². The first-order valence-electron chi connectivity index (χ1n) is 7.21. The molecule has 0 radical (unpaired) electrons. The minimum atomic E-state index is -0.588. The van der Waals surface area contributed by atoms with E-state index < -0.39 is 11.9 Å². The summed E-state index contributed by atoms with van der Waals surface area (Å²) in [6, 6.07) is 3.59. The quantitative estimate of drug-likeness (QED) is 0.498. The van der Waals surface area contributed by atoms with Crippen LogP contribution in [0.25, 0.3) is 0 Å². The summed E-state index contributed by atoms with van der Waals surface area (Å²) in [7, 11) is 1.32. The second kappa shape index (κ2) is 6.48. The van der Waals surface area contributed by atoms with Gasteiger partial charge in [0.05, 0.1) is 24.2 Å². The fraction of sp³-hybridized carbons (Fsp3) is 0.250. The molecule has 124 valence electrons. The topological polar surface area (TPSA) is 97.0 Å². The highest BCUT2D eigenvalue weighted by Crippen LogP contribution is 2.39. The van der Waals surface area contributed by atoms with Gasteiger partial charge in [-0.05, 0) is 24.8 Å². The van der Waals surface area contributed by atoms with Crippen LogP contribution in [0.4, 0.5) is 5.82 Å². The number of ether oxygens (including phenoxy) is 1. The predicted octanol–water partition coefficient (Wildman–Crippen LogP) is 1.89. The minimum absolute atomic E-state index is 0.292. The molecule has 24 heavy (non-hydrogen) atoms. The van der Waals surface area contributed by atoms with Crippen LogP contribution in [0.2, 0.25) is 0 Å². The molecule has 3 heterocycles. The second-order valence-corrected chi connectivity index (χ2v) is 6.01. The molecule has 1 aliphatic rings. The van der Waals surface area contributed by atoms with Crippen LogP contribution in [-0.2, 0) is 9.53 Å². The highest BCUT2D eigenvalue weighted by atomic mass is 32.2. The normalized spacial score (nSPS) is 16.4. The number of hydrogen-bond acceptors (Lipinski definition) is 7. The van der Waals surface area contributed by atoms with Gasteiger partial charge in [-0.25, -0.2) is 9.78 Å². The average molecular weight is 344 g/mol. The third kappa shape index (κ3) is 2.69. The number of nitrogens with zero attached hydrogens (tertiary/aromatic N) is 2. The van der Waals surface area contributed by atoms with Crippen LogP contribution in [0, 0.1) is 0 Å². The summed E-state index contributed by atoms with van der Waals surface area (Å²) in [5, 5.41) is 3.56. The number of hydrogen-bond donors (Lipinski definition) is 2. The van der Waals surface area contributed by atoms with Gasteiger partial charge in [0.2, 0.25) is 0 Å². The molecule has 0 saturated heterocycles. The van der Waals surface area contributed by atoms with Crippen LogP contribution >= 0.6 is 11.8 Å². The van der Waals surface area contributed by atoms with E-state index in [0.717, 1.165) is 5.56 Å². The number of methoxy groups -OCH3 is 1. The van der Waals surface area contributed by atoms with Crippen molar-refractivity contribution in [1.82, 2.24) is 15.0 Å². The molecule has 2 N–H and O–H groups in total. The maximum Gasteiger partial charge on any atom is 0.336 e. The number of nitrogens with one attached hydrogen (secondary N) is 2. The first kappa shape index (κ1) is 16.3. The lowest BCUT2D eigenvalue weighted by Crippen LogP contribution is -2.31. The molecule has 0 amide bonds. The number of anilines is 1.